The summed E-state index contributed by atoms with van der Waals surface area (Å²) in [5.74, 6) is 1.36. The number of ether oxygens (including phenoxy) is 1. The standard InChI is InChI=1S/C22H30N4O2.ClH/c1-17(2)18-5-7-20(8-6-18)28-13-11-25-22(27)16-26-12-10-24-15-21(26)19-4-3-9-23-14-19;/h3-9,14,17,21,24H,10-13,15-16H2,1-2H3,(H,25,27);1H. The number of piperazine rings is 1. The van der Waals surface area contributed by atoms with Gasteiger partial charge < -0.3 is 15.4 Å². The number of hydrogen-bond donors (Lipinski definition) is 2. The van der Waals surface area contributed by atoms with Crippen molar-refractivity contribution in [3.8, 4) is 5.75 Å². The molecule has 3 rings (SSSR count). The Kier molecular flexibility index (Phi) is 9.38. The molecule has 6 nitrogen and oxygen atoms in total. The summed E-state index contributed by atoms with van der Waals surface area (Å²) in [5.41, 5.74) is 2.43. The van der Waals surface area contributed by atoms with E-state index in [1.54, 1.807) is 6.20 Å². The number of benzene rings is 1. The van der Waals surface area contributed by atoms with E-state index in [1.807, 2.05) is 24.4 Å². The van der Waals surface area contributed by atoms with Gasteiger partial charge in [-0.2, -0.15) is 0 Å². The van der Waals surface area contributed by atoms with Gasteiger partial charge in [-0.25, -0.2) is 0 Å². The lowest BCUT2D eigenvalue weighted by molar-refractivity contribution is -0.123. The quantitative estimate of drug-likeness (QED) is 0.645. The summed E-state index contributed by atoms with van der Waals surface area (Å²) in [6.07, 6.45) is 3.65. The minimum Gasteiger partial charge on any atom is -0.492 e. The number of aromatic nitrogens is 1. The van der Waals surface area contributed by atoms with E-state index >= 15 is 0 Å². The third-order valence-electron chi connectivity index (χ3n) is 5.01. The van der Waals surface area contributed by atoms with Crippen LogP contribution in [0.25, 0.3) is 0 Å². The van der Waals surface area contributed by atoms with Crippen molar-refractivity contribution in [2.75, 3.05) is 39.3 Å². The zero-order chi connectivity index (χ0) is 19.8. The van der Waals surface area contributed by atoms with Crippen LogP contribution in [-0.2, 0) is 4.79 Å². The summed E-state index contributed by atoms with van der Waals surface area (Å²) >= 11 is 0. The fraction of sp³-hybridized carbons (Fsp3) is 0.455. The molecule has 0 bridgehead atoms. The molecule has 1 aliphatic heterocycles. The molecule has 158 valence electrons. The highest BCUT2D eigenvalue weighted by molar-refractivity contribution is 5.85. The second-order valence-corrected chi connectivity index (χ2v) is 7.40. The zero-order valence-corrected chi connectivity index (χ0v) is 18.0. The van der Waals surface area contributed by atoms with Crippen LogP contribution < -0.4 is 15.4 Å². The summed E-state index contributed by atoms with van der Waals surface area (Å²) in [7, 11) is 0. The lowest BCUT2D eigenvalue weighted by Crippen LogP contribution is -2.49. The molecule has 1 amide bonds. The van der Waals surface area contributed by atoms with Crippen molar-refractivity contribution in [1.82, 2.24) is 20.5 Å². The van der Waals surface area contributed by atoms with Gasteiger partial charge >= 0.3 is 0 Å². The van der Waals surface area contributed by atoms with Gasteiger partial charge in [0.2, 0.25) is 5.91 Å². The number of amides is 1. The summed E-state index contributed by atoms with van der Waals surface area (Å²) in [6, 6.07) is 12.3. The lowest BCUT2D eigenvalue weighted by atomic mass is 10.0. The lowest BCUT2D eigenvalue weighted by Gasteiger charge is -2.35. The van der Waals surface area contributed by atoms with Crippen LogP contribution in [0.2, 0.25) is 0 Å². The molecule has 7 heteroatoms. The first-order chi connectivity index (χ1) is 13.6. The molecule has 0 radical (unpaired) electrons. The largest absolute Gasteiger partial charge is 0.492 e. The van der Waals surface area contributed by atoms with Gasteiger partial charge in [-0.15, -0.1) is 12.4 Å². The molecule has 1 atom stereocenters. The van der Waals surface area contributed by atoms with E-state index in [0.29, 0.717) is 25.6 Å². The number of nitrogens with zero attached hydrogens (tertiary/aromatic N) is 2. The van der Waals surface area contributed by atoms with E-state index in [1.165, 1.54) is 5.56 Å². The fourth-order valence-electron chi connectivity index (χ4n) is 3.39. The van der Waals surface area contributed by atoms with Gasteiger partial charge in [0.15, 0.2) is 0 Å². The summed E-state index contributed by atoms with van der Waals surface area (Å²) in [6.45, 7) is 8.23. The van der Waals surface area contributed by atoms with E-state index in [9.17, 15) is 4.79 Å². The number of nitrogens with one attached hydrogen (secondary N) is 2. The van der Waals surface area contributed by atoms with Crippen molar-refractivity contribution in [2.24, 2.45) is 0 Å². The monoisotopic (exact) mass is 418 g/mol. The molecular weight excluding hydrogens is 388 g/mol. The van der Waals surface area contributed by atoms with Crippen molar-refractivity contribution in [3.63, 3.8) is 0 Å². The average molecular weight is 419 g/mol. The first kappa shape index (κ1) is 23.1. The topological polar surface area (TPSA) is 66.5 Å². The van der Waals surface area contributed by atoms with E-state index in [4.69, 9.17) is 4.74 Å². The Hall–Kier alpha value is -2.15. The number of rotatable bonds is 8. The number of pyridine rings is 1. The Balaban J connectivity index is 0.00000300. The number of carbonyl (C=O) groups is 1. The minimum atomic E-state index is 0. The first-order valence-corrected chi connectivity index (χ1v) is 9.97. The maximum atomic E-state index is 12.4. The van der Waals surface area contributed by atoms with E-state index in [0.717, 1.165) is 30.9 Å². The van der Waals surface area contributed by atoms with Crippen LogP contribution in [0.1, 0.15) is 36.9 Å². The Bertz CT molecular complexity index is 740. The molecule has 1 unspecified atom stereocenters. The number of halogens is 1. The van der Waals surface area contributed by atoms with Crippen LogP contribution in [0.5, 0.6) is 5.75 Å². The van der Waals surface area contributed by atoms with Crippen molar-refractivity contribution in [1.29, 1.82) is 0 Å². The van der Waals surface area contributed by atoms with E-state index in [-0.39, 0.29) is 24.4 Å². The minimum absolute atomic E-state index is 0. The molecule has 1 aromatic heterocycles. The molecule has 2 heterocycles. The van der Waals surface area contributed by atoms with Gasteiger partial charge in [-0.3, -0.25) is 14.7 Å². The molecular formula is C22H31ClN4O2. The smallest absolute Gasteiger partial charge is 0.234 e. The highest BCUT2D eigenvalue weighted by atomic mass is 35.5. The van der Waals surface area contributed by atoms with Gasteiger partial charge in [-0.1, -0.05) is 32.0 Å². The molecule has 0 aliphatic carbocycles. The third-order valence-corrected chi connectivity index (χ3v) is 5.01. The molecule has 0 spiro atoms. The molecule has 0 saturated carbocycles. The highest BCUT2D eigenvalue weighted by Crippen LogP contribution is 2.21. The van der Waals surface area contributed by atoms with Gasteiger partial charge in [0, 0.05) is 38.1 Å². The van der Waals surface area contributed by atoms with Gasteiger partial charge in [-0.05, 0) is 35.2 Å². The van der Waals surface area contributed by atoms with Crippen LogP contribution in [0.4, 0.5) is 0 Å². The van der Waals surface area contributed by atoms with Gasteiger partial charge in [0.05, 0.1) is 13.1 Å². The van der Waals surface area contributed by atoms with Crippen molar-refractivity contribution in [2.45, 2.75) is 25.8 Å². The molecule has 29 heavy (non-hydrogen) atoms. The van der Waals surface area contributed by atoms with Gasteiger partial charge in [0.25, 0.3) is 0 Å². The van der Waals surface area contributed by atoms with Crippen LogP contribution in [0.3, 0.4) is 0 Å². The number of carbonyl (C=O) groups excluding carboxylic acids is 1. The average Bonchev–Trinajstić information content (AvgIpc) is 2.72. The molecule has 1 aromatic carbocycles. The normalized spacial score (nSPS) is 16.9. The zero-order valence-electron chi connectivity index (χ0n) is 17.1. The molecule has 1 fully saturated rings. The summed E-state index contributed by atoms with van der Waals surface area (Å²) in [4.78, 5) is 18.8. The maximum absolute atomic E-state index is 12.4. The second-order valence-electron chi connectivity index (χ2n) is 7.40. The van der Waals surface area contributed by atoms with E-state index < -0.39 is 0 Å². The predicted molar refractivity (Wildman–Crippen MR) is 118 cm³/mol. The maximum Gasteiger partial charge on any atom is 0.234 e. The highest BCUT2D eigenvalue weighted by Gasteiger charge is 2.25. The van der Waals surface area contributed by atoms with Crippen molar-refractivity contribution < 1.29 is 9.53 Å². The summed E-state index contributed by atoms with van der Waals surface area (Å²) < 4.78 is 5.72. The molecule has 1 aliphatic rings. The van der Waals surface area contributed by atoms with Crippen molar-refractivity contribution >= 4 is 18.3 Å². The molecule has 2 N–H and O–H groups in total. The van der Waals surface area contributed by atoms with Crippen LogP contribution in [-0.4, -0.2) is 55.1 Å². The van der Waals surface area contributed by atoms with Gasteiger partial charge in [0.1, 0.15) is 12.4 Å². The molecule has 1 saturated heterocycles. The Labute approximate surface area is 179 Å². The summed E-state index contributed by atoms with van der Waals surface area (Å²) in [5, 5.41) is 6.36. The predicted octanol–water partition coefficient (Wildman–Crippen LogP) is 2.77. The third kappa shape index (κ3) is 6.99. The Morgan fingerprint density at radius 1 is 1.31 bits per heavy atom. The van der Waals surface area contributed by atoms with Crippen molar-refractivity contribution in [3.05, 3.63) is 59.9 Å². The number of hydrogen-bond acceptors (Lipinski definition) is 5. The Morgan fingerprint density at radius 3 is 2.79 bits per heavy atom. The van der Waals surface area contributed by atoms with E-state index in [2.05, 4.69) is 52.6 Å². The Morgan fingerprint density at radius 2 is 2.10 bits per heavy atom. The van der Waals surface area contributed by atoms with Crippen LogP contribution in [0.15, 0.2) is 48.8 Å². The molecule has 2 aromatic rings. The fourth-order valence-corrected chi connectivity index (χ4v) is 3.39. The SMILES string of the molecule is CC(C)c1ccc(OCCNC(=O)CN2CCNCC2c2cccnc2)cc1.Cl. The first-order valence-electron chi connectivity index (χ1n) is 9.97. The van der Waals surface area contributed by atoms with Crippen LogP contribution >= 0.6 is 12.4 Å². The van der Waals surface area contributed by atoms with Crippen LogP contribution in [0, 0.1) is 0 Å². The second kappa shape index (κ2) is 11.8.